The third-order valence-corrected chi connectivity index (χ3v) is 4.98. The van der Waals surface area contributed by atoms with Gasteiger partial charge in [-0.2, -0.15) is 0 Å². The maximum Gasteiger partial charge on any atom is 0.412 e. The Balaban J connectivity index is 1.81. The summed E-state index contributed by atoms with van der Waals surface area (Å²) in [4.78, 5) is 11.9. The number of rotatable bonds is 3. The molecule has 1 aromatic rings. The topological polar surface area (TPSA) is 64.3 Å². The summed E-state index contributed by atoms with van der Waals surface area (Å²) in [5, 5.41) is 3.25. The molecule has 0 spiro atoms. The summed E-state index contributed by atoms with van der Waals surface area (Å²) in [6.07, 6.45) is 3.87. The number of nitrogens with one attached hydrogen (secondary N) is 1. The number of nitrogens with two attached hydrogens (primary N) is 1. The van der Waals surface area contributed by atoms with Crippen molar-refractivity contribution in [2.45, 2.75) is 63.0 Å². The fourth-order valence-electron chi connectivity index (χ4n) is 3.14. The number of hydrogen-bond acceptors (Lipinski definition) is 3. The normalized spacial score (nSPS) is 21.1. The maximum atomic E-state index is 11.9. The molecule has 22 heavy (non-hydrogen) atoms. The number of ether oxygens (including phenoxy) is 1. The van der Waals surface area contributed by atoms with Crippen molar-refractivity contribution >= 4 is 23.4 Å². The first-order valence-electron chi connectivity index (χ1n) is 7.74. The average molecular weight is 323 g/mol. The summed E-state index contributed by atoms with van der Waals surface area (Å²) in [5.41, 5.74) is 7.67. The Kier molecular flexibility index (Phi) is 3.46. The summed E-state index contributed by atoms with van der Waals surface area (Å²) >= 11 is 6.21. The number of carbonyl (C=O) groups is 1. The highest BCUT2D eigenvalue weighted by Gasteiger charge is 2.64. The molecule has 1 aromatic carbocycles. The minimum absolute atomic E-state index is 0.0655. The fourth-order valence-corrected chi connectivity index (χ4v) is 3.31. The number of halogens is 1. The van der Waals surface area contributed by atoms with Crippen LogP contribution >= 0.6 is 11.6 Å². The summed E-state index contributed by atoms with van der Waals surface area (Å²) < 4.78 is 5.28. The van der Waals surface area contributed by atoms with E-state index in [2.05, 4.69) is 5.32 Å². The van der Waals surface area contributed by atoms with Crippen LogP contribution in [-0.4, -0.2) is 17.2 Å². The third kappa shape index (κ3) is 2.82. The molecule has 3 rings (SSSR count). The van der Waals surface area contributed by atoms with Crippen LogP contribution in [-0.2, 0) is 10.2 Å². The Morgan fingerprint density at radius 1 is 1.27 bits per heavy atom. The van der Waals surface area contributed by atoms with Crippen LogP contribution in [0.2, 0.25) is 5.02 Å². The van der Waals surface area contributed by atoms with Crippen LogP contribution in [0.1, 0.15) is 52.0 Å². The van der Waals surface area contributed by atoms with Crippen LogP contribution in [0.15, 0.2) is 18.2 Å². The Morgan fingerprint density at radius 2 is 1.91 bits per heavy atom. The van der Waals surface area contributed by atoms with E-state index in [-0.39, 0.29) is 11.0 Å². The molecule has 5 heteroatoms. The van der Waals surface area contributed by atoms with Gasteiger partial charge in [0.15, 0.2) is 0 Å². The van der Waals surface area contributed by atoms with Gasteiger partial charge in [0.25, 0.3) is 0 Å². The standard InChI is InChI=1S/C17H23ClN2O2/c1-15(2,3)22-14(21)20-13-10-11(4-5-12(13)18)16(6-7-16)17(19)8-9-17/h4-5,10H,6-9,19H2,1-3H3,(H,20,21). The molecule has 2 fully saturated rings. The van der Waals surface area contributed by atoms with E-state index in [1.807, 2.05) is 39.0 Å². The first-order valence-corrected chi connectivity index (χ1v) is 8.12. The number of amides is 1. The zero-order valence-corrected chi connectivity index (χ0v) is 14.1. The number of anilines is 1. The Morgan fingerprint density at radius 3 is 2.41 bits per heavy atom. The lowest BCUT2D eigenvalue weighted by atomic mass is 9.86. The smallest absolute Gasteiger partial charge is 0.412 e. The van der Waals surface area contributed by atoms with Gasteiger partial charge in [-0.15, -0.1) is 0 Å². The van der Waals surface area contributed by atoms with Crippen molar-refractivity contribution in [3.05, 3.63) is 28.8 Å². The number of hydrogen-bond donors (Lipinski definition) is 2. The van der Waals surface area contributed by atoms with Gasteiger partial charge in [-0.1, -0.05) is 17.7 Å². The van der Waals surface area contributed by atoms with Crippen molar-refractivity contribution in [3.63, 3.8) is 0 Å². The molecule has 2 aliphatic rings. The monoisotopic (exact) mass is 322 g/mol. The van der Waals surface area contributed by atoms with Crippen LogP contribution in [0.4, 0.5) is 10.5 Å². The molecule has 0 aliphatic heterocycles. The highest BCUT2D eigenvalue weighted by Crippen LogP contribution is 2.63. The molecule has 3 N–H and O–H groups in total. The predicted octanol–water partition coefficient (Wildman–Crippen LogP) is 4.21. The van der Waals surface area contributed by atoms with Gasteiger partial charge in [0.2, 0.25) is 0 Å². The maximum absolute atomic E-state index is 11.9. The summed E-state index contributed by atoms with van der Waals surface area (Å²) in [6, 6.07) is 5.81. The lowest BCUT2D eigenvalue weighted by molar-refractivity contribution is 0.0636. The highest BCUT2D eigenvalue weighted by atomic mass is 35.5. The van der Waals surface area contributed by atoms with E-state index in [4.69, 9.17) is 22.1 Å². The third-order valence-electron chi connectivity index (χ3n) is 4.65. The van der Waals surface area contributed by atoms with Crippen molar-refractivity contribution in [2.24, 2.45) is 5.73 Å². The molecule has 0 radical (unpaired) electrons. The largest absolute Gasteiger partial charge is 0.444 e. The zero-order chi connectivity index (χ0) is 16.2. The van der Waals surface area contributed by atoms with Gasteiger partial charge in [-0.25, -0.2) is 4.79 Å². The zero-order valence-electron chi connectivity index (χ0n) is 13.3. The Labute approximate surface area is 136 Å². The minimum Gasteiger partial charge on any atom is -0.444 e. The molecule has 0 atom stereocenters. The van der Waals surface area contributed by atoms with Crippen molar-refractivity contribution < 1.29 is 9.53 Å². The predicted molar refractivity (Wildman–Crippen MR) is 88.4 cm³/mol. The van der Waals surface area contributed by atoms with Crippen LogP contribution in [0, 0.1) is 0 Å². The molecular weight excluding hydrogens is 300 g/mol. The highest BCUT2D eigenvalue weighted by molar-refractivity contribution is 6.33. The average Bonchev–Trinajstić information content (AvgIpc) is 3.25. The van der Waals surface area contributed by atoms with E-state index >= 15 is 0 Å². The SMILES string of the molecule is CC(C)(C)OC(=O)Nc1cc(C2(C3(N)CC3)CC2)ccc1Cl. The van der Waals surface area contributed by atoms with Crippen LogP contribution < -0.4 is 11.1 Å². The summed E-state index contributed by atoms with van der Waals surface area (Å²) in [7, 11) is 0. The lowest BCUT2D eigenvalue weighted by Crippen LogP contribution is -2.37. The second kappa shape index (κ2) is 4.87. The van der Waals surface area contributed by atoms with Crippen molar-refractivity contribution in [2.75, 3.05) is 5.32 Å². The first-order chi connectivity index (χ1) is 10.2. The Bertz CT molecular complexity index is 614. The van der Waals surface area contributed by atoms with Gasteiger partial charge < -0.3 is 10.5 Å². The van der Waals surface area contributed by atoms with E-state index in [0.717, 1.165) is 25.7 Å². The van der Waals surface area contributed by atoms with E-state index in [9.17, 15) is 4.79 Å². The molecule has 0 aromatic heterocycles. The van der Waals surface area contributed by atoms with Gasteiger partial charge in [-0.3, -0.25) is 5.32 Å². The van der Waals surface area contributed by atoms with Crippen LogP contribution in [0.3, 0.4) is 0 Å². The molecule has 4 nitrogen and oxygen atoms in total. The second-order valence-corrected chi connectivity index (χ2v) is 7.97. The first kappa shape index (κ1) is 15.6. The van der Waals surface area contributed by atoms with Gasteiger partial charge in [0.05, 0.1) is 10.7 Å². The fraction of sp³-hybridized carbons (Fsp3) is 0.588. The van der Waals surface area contributed by atoms with Crippen molar-refractivity contribution in [3.8, 4) is 0 Å². The van der Waals surface area contributed by atoms with Crippen LogP contribution in [0.5, 0.6) is 0 Å². The molecular formula is C17H23ClN2O2. The molecule has 2 aliphatic carbocycles. The number of benzene rings is 1. The molecule has 2 saturated carbocycles. The van der Waals surface area contributed by atoms with Gasteiger partial charge in [-0.05, 0) is 64.2 Å². The number of carbonyl (C=O) groups excluding carboxylic acids is 1. The Hall–Kier alpha value is -1.26. The molecule has 0 unspecified atom stereocenters. The van der Waals surface area contributed by atoms with E-state index < -0.39 is 11.7 Å². The molecule has 120 valence electrons. The minimum atomic E-state index is -0.540. The quantitative estimate of drug-likeness (QED) is 0.876. The lowest BCUT2D eigenvalue weighted by Gasteiger charge is -2.25. The second-order valence-electron chi connectivity index (χ2n) is 7.56. The van der Waals surface area contributed by atoms with Crippen molar-refractivity contribution in [1.82, 2.24) is 0 Å². The van der Waals surface area contributed by atoms with Gasteiger partial charge in [0.1, 0.15) is 5.60 Å². The van der Waals surface area contributed by atoms with E-state index in [1.165, 1.54) is 5.56 Å². The van der Waals surface area contributed by atoms with Gasteiger partial charge in [0, 0.05) is 11.0 Å². The van der Waals surface area contributed by atoms with Crippen LogP contribution in [0.25, 0.3) is 0 Å². The van der Waals surface area contributed by atoms with E-state index in [1.54, 1.807) is 0 Å². The van der Waals surface area contributed by atoms with E-state index in [0.29, 0.717) is 10.7 Å². The molecule has 0 bridgehead atoms. The molecule has 0 saturated heterocycles. The van der Waals surface area contributed by atoms with Gasteiger partial charge >= 0.3 is 6.09 Å². The molecule has 1 amide bonds. The van der Waals surface area contributed by atoms with Crippen molar-refractivity contribution in [1.29, 1.82) is 0 Å². The molecule has 0 heterocycles. The summed E-state index contributed by atoms with van der Waals surface area (Å²) in [6.45, 7) is 5.49. The summed E-state index contributed by atoms with van der Waals surface area (Å²) in [5.74, 6) is 0.